The lowest BCUT2D eigenvalue weighted by Crippen LogP contribution is -2.16. The standard InChI is InChI=1S/C11H15O6P/c1-14-18(13,15-2)9-17-11(12)8-16-10-6-4-3-5-7-10/h3-7H,8-9H2,1-2H3. The maximum atomic E-state index is 11.6. The van der Waals surface area contributed by atoms with Crippen LogP contribution < -0.4 is 4.74 Å². The zero-order valence-electron chi connectivity index (χ0n) is 10.2. The number of esters is 1. The molecule has 0 amide bonds. The van der Waals surface area contributed by atoms with Crippen molar-refractivity contribution < 1.29 is 27.9 Å². The third-order valence-electron chi connectivity index (χ3n) is 2.04. The summed E-state index contributed by atoms with van der Waals surface area (Å²) in [6.07, 6.45) is -0.434. The number of carbonyl (C=O) groups excluding carboxylic acids is 1. The summed E-state index contributed by atoms with van der Waals surface area (Å²) in [4.78, 5) is 11.3. The van der Waals surface area contributed by atoms with Gasteiger partial charge in [0, 0.05) is 14.2 Å². The summed E-state index contributed by atoms with van der Waals surface area (Å²) in [5.41, 5.74) is 0. The van der Waals surface area contributed by atoms with Crippen LogP contribution in [0.1, 0.15) is 0 Å². The van der Waals surface area contributed by atoms with Crippen molar-refractivity contribution in [3.8, 4) is 5.75 Å². The van der Waals surface area contributed by atoms with Gasteiger partial charge in [0.05, 0.1) is 0 Å². The van der Waals surface area contributed by atoms with Crippen LogP contribution in [0, 0.1) is 0 Å². The van der Waals surface area contributed by atoms with Gasteiger partial charge < -0.3 is 18.5 Å². The number of hydrogen-bond donors (Lipinski definition) is 0. The molecule has 1 aromatic carbocycles. The van der Waals surface area contributed by atoms with Gasteiger partial charge in [0.15, 0.2) is 13.0 Å². The average Bonchev–Trinajstić information content (AvgIpc) is 2.43. The molecule has 0 saturated heterocycles. The second kappa shape index (κ2) is 7.16. The van der Waals surface area contributed by atoms with Gasteiger partial charge in [0.1, 0.15) is 5.75 Å². The van der Waals surface area contributed by atoms with Crippen LogP contribution in [0.3, 0.4) is 0 Å². The minimum atomic E-state index is -3.33. The Morgan fingerprint density at radius 2 is 1.78 bits per heavy atom. The fourth-order valence-corrected chi connectivity index (χ4v) is 1.69. The summed E-state index contributed by atoms with van der Waals surface area (Å²) in [6, 6.07) is 8.82. The van der Waals surface area contributed by atoms with Crippen molar-refractivity contribution in [1.82, 2.24) is 0 Å². The van der Waals surface area contributed by atoms with Crippen LogP contribution in [0.25, 0.3) is 0 Å². The SMILES string of the molecule is COP(=O)(COC(=O)COc1ccccc1)OC. The summed E-state index contributed by atoms with van der Waals surface area (Å²) in [5, 5.41) is 0. The van der Waals surface area contributed by atoms with E-state index in [2.05, 4.69) is 9.05 Å². The second-order valence-corrected chi connectivity index (χ2v) is 5.43. The van der Waals surface area contributed by atoms with Gasteiger partial charge in [0.2, 0.25) is 0 Å². The fourth-order valence-electron chi connectivity index (χ4n) is 1.03. The highest BCUT2D eigenvalue weighted by molar-refractivity contribution is 7.53. The topological polar surface area (TPSA) is 71.1 Å². The molecule has 0 aliphatic heterocycles. The van der Waals surface area contributed by atoms with Gasteiger partial charge in [-0.15, -0.1) is 0 Å². The molecule has 0 saturated carbocycles. The van der Waals surface area contributed by atoms with E-state index in [1.165, 1.54) is 14.2 Å². The number of hydrogen-bond acceptors (Lipinski definition) is 6. The van der Waals surface area contributed by atoms with Gasteiger partial charge in [-0.1, -0.05) is 18.2 Å². The van der Waals surface area contributed by atoms with Crippen LogP contribution >= 0.6 is 7.60 Å². The van der Waals surface area contributed by atoms with Crippen molar-refractivity contribution in [2.45, 2.75) is 0 Å². The van der Waals surface area contributed by atoms with E-state index in [0.717, 1.165) is 0 Å². The number of ether oxygens (including phenoxy) is 2. The zero-order valence-corrected chi connectivity index (χ0v) is 11.1. The van der Waals surface area contributed by atoms with E-state index in [-0.39, 0.29) is 6.61 Å². The minimum Gasteiger partial charge on any atom is -0.482 e. The monoisotopic (exact) mass is 274 g/mol. The van der Waals surface area contributed by atoms with Crippen LogP contribution in [-0.4, -0.2) is 33.1 Å². The van der Waals surface area contributed by atoms with Crippen molar-refractivity contribution >= 4 is 13.6 Å². The molecule has 0 unspecified atom stereocenters. The summed E-state index contributed by atoms with van der Waals surface area (Å²) in [7, 11) is -0.888. The Balaban J connectivity index is 2.32. The summed E-state index contributed by atoms with van der Waals surface area (Å²) >= 11 is 0. The lowest BCUT2D eigenvalue weighted by Gasteiger charge is -2.13. The molecule has 0 aliphatic rings. The Kier molecular flexibility index (Phi) is 5.85. The van der Waals surface area contributed by atoms with Crippen molar-refractivity contribution in [1.29, 1.82) is 0 Å². The fraction of sp³-hybridized carbons (Fsp3) is 0.364. The van der Waals surface area contributed by atoms with Gasteiger partial charge >= 0.3 is 13.6 Å². The van der Waals surface area contributed by atoms with E-state index in [0.29, 0.717) is 5.75 Å². The van der Waals surface area contributed by atoms with E-state index >= 15 is 0 Å². The largest absolute Gasteiger partial charge is 0.482 e. The van der Waals surface area contributed by atoms with Crippen LogP contribution in [0.15, 0.2) is 30.3 Å². The van der Waals surface area contributed by atoms with Gasteiger partial charge in [-0.05, 0) is 12.1 Å². The Morgan fingerprint density at radius 3 is 2.33 bits per heavy atom. The average molecular weight is 274 g/mol. The molecule has 0 atom stereocenters. The van der Waals surface area contributed by atoms with Crippen molar-refractivity contribution in [3.05, 3.63) is 30.3 Å². The van der Waals surface area contributed by atoms with Gasteiger partial charge in [-0.3, -0.25) is 4.57 Å². The molecule has 100 valence electrons. The predicted octanol–water partition coefficient (Wildman–Crippen LogP) is 2.05. The first kappa shape index (κ1) is 14.7. The van der Waals surface area contributed by atoms with E-state index in [4.69, 9.17) is 9.47 Å². The van der Waals surface area contributed by atoms with Gasteiger partial charge in [0.25, 0.3) is 0 Å². The minimum absolute atomic E-state index is 0.266. The molecule has 1 aromatic rings. The molecule has 0 fully saturated rings. The Morgan fingerprint density at radius 1 is 1.17 bits per heavy atom. The molecule has 0 N–H and O–H groups in total. The first-order chi connectivity index (χ1) is 8.59. The lowest BCUT2D eigenvalue weighted by molar-refractivity contribution is -0.144. The van der Waals surface area contributed by atoms with Crippen LogP contribution in [0.2, 0.25) is 0 Å². The van der Waals surface area contributed by atoms with E-state index in [9.17, 15) is 9.36 Å². The quantitative estimate of drug-likeness (QED) is 0.559. The van der Waals surface area contributed by atoms with Crippen LogP contribution in [0.5, 0.6) is 5.75 Å². The second-order valence-electron chi connectivity index (χ2n) is 3.22. The van der Waals surface area contributed by atoms with E-state index in [1.54, 1.807) is 24.3 Å². The highest BCUT2D eigenvalue weighted by atomic mass is 31.2. The predicted molar refractivity (Wildman–Crippen MR) is 64.5 cm³/mol. The van der Waals surface area contributed by atoms with Crippen molar-refractivity contribution in [3.63, 3.8) is 0 Å². The molecule has 6 nitrogen and oxygen atoms in total. The highest BCUT2D eigenvalue weighted by Crippen LogP contribution is 2.45. The molecular weight excluding hydrogens is 259 g/mol. The van der Waals surface area contributed by atoms with Gasteiger partial charge in [-0.25, -0.2) is 4.79 Å². The molecule has 7 heteroatoms. The molecule has 0 spiro atoms. The summed E-state index contributed by atoms with van der Waals surface area (Å²) < 4.78 is 30.7. The number of benzene rings is 1. The molecule has 18 heavy (non-hydrogen) atoms. The Hall–Kier alpha value is -1.36. The highest BCUT2D eigenvalue weighted by Gasteiger charge is 2.23. The molecule has 0 aliphatic carbocycles. The summed E-state index contributed by atoms with van der Waals surface area (Å²) in [5.74, 6) is -0.0932. The molecule has 0 heterocycles. The maximum Gasteiger partial charge on any atom is 0.367 e. The van der Waals surface area contributed by atoms with Crippen molar-refractivity contribution in [2.24, 2.45) is 0 Å². The molecule has 0 radical (unpaired) electrons. The third kappa shape index (κ3) is 4.87. The molecule has 0 aromatic heterocycles. The summed E-state index contributed by atoms with van der Waals surface area (Å²) in [6.45, 7) is -0.266. The first-order valence-corrected chi connectivity index (χ1v) is 6.86. The first-order valence-electron chi connectivity index (χ1n) is 5.13. The Labute approximate surface area is 105 Å². The Bertz CT molecular complexity index is 411. The van der Waals surface area contributed by atoms with Crippen LogP contribution in [-0.2, 0) is 23.1 Å². The van der Waals surface area contributed by atoms with Crippen LogP contribution in [0.4, 0.5) is 0 Å². The van der Waals surface area contributed by atoms with E-state index in [1.807, 2.05) is 6.07 Å². The van der Waals surface area contributed by atoms with Crippen molar-refractivity contribution in [2.75, 3.05) is 27.2 Å². The lowest BCUT2D eigenvalue weighted by atomic mass is 10.3. The normalized spacial score (nSPS) is 11.0. The molecular formula is C11H15O6P. The smallest absolute Gasteiger partial charge is 0.367 e. The van der Waals surface area contributed by atoms with E-state index < -0.39 is 19.9 Å². The zero-order chi connectivity index (χ0) is 13.4. The number of para-hydroxylation sites is 1. The maximum absolute atomic E-state index is 11.6. The number of carbonyl (C=O) groups is 1. The molecule has 0 bridgehead atoms. The number of rotatable bonds is 7. The van der Waals surface area contributed by atoms with Gasteiger partial charge in [-0.2, -0.15) is 0 Å². The molecule has 1 rings (SSSR count). The third-order valence-corrected chi connectivity index (χ3v) is 3.60.